The molecule has 0 fully saturated rings. The van der Waals surface area contributed by atoms with E-state index in [1.165, 1.54) is 0 Å². The molecule has 0 aromatic carbocycles. The minimum atomic E-state index is -3.37. The summed E-state index contributed by atoms with van der Waals surface area (Å²) < 4.78 is 21.1. The Morgan fingerprint density at radius 2 is 2.09 bits per heavy atom. The molecular formula is C6H15NO3S. The Balaban J connectivity index is 3.88. The predicted molar refractivity (Wildman–Crippen MR) is 43.5 cm³/mol. The van der Waals surface area contributed by atoms with E-state index in [-0.39, 0.29) is 18.3 Å². The molecule has 5 heteroatoms. The molecule has 11 heavy (non-hydrogen) atoms. The van der Waals surface area contributed by atoms with Gasteiger partial charge in [0.1, 0.15) is 0 Å². The summed E-state index contributed by atoms with van der Waals surface area (Å²) in [4.78, 5) is 0. The Bertz CT molecular complexity index is 188. The lowest BCUT2D eigenvalue weighted by molar-refractivity contribution is 0.261. The number of hydrogen-bond acceptors (Lipinski definition) is 3. The minimum absolute atomic E-state index is 0.00463. The number of primary sulfonamides is 1. The average molecular weight is 181 g/mol. The van der Waals surface area contributed by atoms with Gasteiger partial charge in [-0.25, -0.2) is 13.6 Å². The number of aliphatic hydroxyl groups excluding tert-OH is 1. The third-order valence-corrected chi connectivity index (χ3v) is 2.52. The Hall–Kier alpha value is -0.130. The van der Waals surface area contributed by atoms with E-state index in [2.05, 4.69) is 0 Å². The van der Waals surface area contributed by atoms with Gasteiger partial charge in [-0.3, -0.25) is 0 Å². The Morgan fingerprint density at radius 1 is 1.55 bits per heavy atom. The maximum absolute atomic E-state index is 10.6. The lowest BCUT2D eigenvalue weighted by Crippen LogP contribution is -2.23. The van der Waals surface area contributed by atoms with E-state index >= 15 is 0 Å². The first-order valence-corrected chi connectivity index (χ1v) is 5.32. The molecule has 3 N–H and O–H groups in total. The van der Waals surface area contributed by atoms with Gasteiger partial charge in [0, 0.05) is 6.61 Å². The summed E-state index contributed by atoms with van der Waals surface area (Å²) in [5.74, 6) is -0.0284. The molecule has 0 heterocycles. The lowest BCUT2D eigenvalue weighted by Gasteiger charge is -2.10. The van der Waals surface area contributed by atoms with Crippen molar-refractivity contribution in [2.24, 2.45) is 11.1 Å². The van der Waals surface area contributed by atoms with E-state index in [9.17, 15) is 8.42 Å². The molecule has 0 rings (SSSR count). The zero-order chi connectivity index (χ0) is 8.91. The van der Waals surface area contributed by atoms with Crippen LogP contribution >= 0.6 is 0 Å². The first-order valence-electron chi connectivity index (χ1n) is 3.61. The van der Waals surface area contributed by atoms with Gasteiger partial charge in [0.15, 0.2) is 0 Å². The molecule has 1 atom stereocenters. The first-order chi connectivity index (χ1) is 4.99. The molecule has 68 valence electrons. The summed E-state index contributed by atoms with van der Waals surface area (Å²) in [6.45, 7) is 1.90. The molecule has 0 saturated carbocycles. The highest BCUT2D eigenvalue weighted by Crippen LogP contribution is 2.08. The number of nitrogens with two attached hydrogens (primary N) is 1. The second-order valence-electron chi connectivity index (χ2n) is 2.62. The monoisotopic (exact) mass is 181 g/mol. The SMILES string of the molecule is CCC(CCO)CS(N)(=O)=O. The summed E-state index contributed by atoms with van der Waals surface area (Å²) in [7, 11) is -3.37. The van der Waals surface area contributed by atoms with Crippen molar-refractivity contribution in [3.63, 3.8) is 0 Å². The molecule has 0 aliphatic rings. The van der Waals surface area contributed by atoms with Crippen LogP contribution in [-0.4, -0.2) is 25.9 Å². The van der Waals surface area contributed by atoms with E-state index in [0.717, 1.165) is 6.42 Å². The van der Waals surface area contributed by atoms with Crippen molar-refractivity contribution < 1.29 is 13.5 Å². The third kappa shape index (κ3) is 6.28. The molecule has 1 unspecified atom stereocenters. The van der Waals surface area contributed by atoms with E-state index in [4.69, 9.17) is 10.2 Å². The van der Waals surface area contributed by atoms with E-state index in [1.54, 1.807) is 0 Å². The zero-order valence-corrected chi connectivity index (χ0v) is 7.47. The average Bonchev–Trinajstić information content (AvgIpc) is 1.84. The van der Waals surface area contributed by atoms with Gasteiger partial charge in [-0.05, 0) is 12.3 Å². The number of hydrogen-bond donors (Lipinski definition) is 2. The predicted octanol–water partition coefficient (Wildman–Crippen LogP) is -0.316. The van der Waals surface area contributed by atoms with Gasteiger partial charge in [-0.15, -0.1) is 0 Å². The van der Waals surface area contributed by atoms with Gasteiger partial charge < -0.3 is 5.11 Å². The fourth-order valence-corrected chi connectivity index (χ4v) is 1.98. The third-order valence-electron chi connectivity index (χ3n) is 1.58. The van der Waals surface area contributed by atoms with Crippen LogP contribution in [0.3, 0.4) is 0 Å². The molecule has 4 nitrogen and oxygen atoms in total. The standard InChI is InChI=1S/C6H15NO3S/c1-2-6(3-4-8)5-11(7,9)10/h6,8H,2-5H2,1H3,(H2,7,9,10). The van der Waals surface area contributed by atoms with Gasteiger partial charge >= 0.3 is 0 Å². The van der Waals surface area contributed by atoms with Gasteiger partial charge in [0.25, 0.3) is 0 Å². The van der Waals surface area contributed by atoms with Gasteiger partial charge in [0.2, 0.25) is 10.0 Å². The Labute approximate surface area is 67.5 Å². The number of sulfonamides is 1. The van der Waals surface area contributed by atoms with Crippen LogP contribution < -0.4 is 5.14 Å². The number of rotatable bonds is 5. The van der Waals surface area contributed by atoms with Crippen molar-refractivity contribution in [2.75, 3.05) is 12.4 Å². The summed E-state index contributed by atoms with van der Waals surface area (Å²) in [5, 5.41) is 13.4. The minimum Gasteiger partial charge on any atom is -0.396 e. The lowest BCUT2D eigenvalue weighted by atomic mass is 10.1. The first kappa shape index (κ1) is 10.9. The van der Waals surface area contributed by atoms with Crippen LogP contribution in [0, 0.1) is 5.92 Å². The molecular weight excluding hydrogens is 166 g/mol. The van der Waals surface area contributed by atoms with Crippen LogP contribution in [-0.2, 0) is 10.0 Å². The van der Waals surface area contributed by atoms with E-state index in [1.807, 2.05) is 6.92 Å². The quantitative estimate of drug-likeness (QED) is 0.610. The topological polar surface area (TPSA) is 80.4 Å². The summed E-state index contributed by atoms with van der Waals surface area (Å²) >= 11 is 0. The molecule has 0 saturated heterocycles. The fourth-order valence-electron chi connectivity index (χ4n) is 0.916. The van der Waals surface area contributed by atoms with E-state index < -0.39 is 10.0 Å². The van der Waals surface area contributed by atoms with Crippen molar-refractivity contribution in [3.8, 4) is 0 Å². The summed E-state index contributed by atoms with van der Waals surface area (Å²) in [5.41, 5.74) is 0. The molecule has 0 bridgehead atoms. The van der Waals surface area contributed by atoms with Crippen LogP contribution in [0.15, 0.2) is 0 Å². The fraction of sp³-hybridized carbons (Fsp3) is 1.00. The molecule has 0 spiro atoms. The maximum Gasteiger partial charge on any atom is 0.209 e. The van der Waals surface area contributed by atoms with Crippen molar-refractivity contribution in [3.05, 3.63) is 0 Å². The summed E-state index contributed by atoms with van der Waals surface area (Å²) in [6.07, 6.45) is 1.24. The number of aliphatic hydroxyl groups is 1. The van der Waals surface area contributed by atoms with Crippen LogP contribution in [0.2, 0.25) is 0 Å². The molecule has 0 aromatic rings. The largest absolute Gasteiger partial charge is 0.396 e. The van der Waals surface area contributed by atoms with Gasteiger partial charge in [-0.1, -0.05) is 13.3 Å². The van der Waals surface area contributed by atoms with Crippen LogP contribution in [0.4, 0.5) is 0 Å². The van der Waals surface area contributed by atoms with Gasteiger partial charge in [-0.2, -0.15) is 0 Å². The highest BCUT2D eigenvalue weighted by Gasteiger charge is 2.12. The second-order valence-corrected chi connectivity index (χ2v) is 4.28. The van der Waals surface area contributed by atoms with Gasteiger partial charge in [0.05, 0.1) is 5.75 Å². The molecule has 0 radical (unpaired) electrons. The van der Waals surface area contributed by atoms with Crippen molar-refractivity contribution in [2.45, 2.75) is 19.8 Å². The van der Waals surface area contributed by atoms with Crippen LogP contribution in [0.25, 0.3) is 0 Å². The smallest absolute Gasteiger partial charge is 0.209 e. The second kappa shape index (κ2) is 4.69. The van der Waals surface area contributed by atoms with E-state index in [0.29, 0.717) is 6.42 Å². The Kier molecular flexibility index (Phi) is 4.63. The molecule has 0 aromatic heterocycles. The highest BCUT2D eigenvalue weighted by atomic mass is 32.2. The highest BCUT2D eigenvalue weighted by molar-refractivity contribution is 7.89. The van der Waals surface area contributed by atoms with Crippen molar-refractivity contribution >= 4 is 10.0 Å². The summed E-state index contributed by atoms with van der Waals surface area (Å²) in [6, 6.07) is 0. The normalized spacial score (nSPS) is 14.8. The van der Waals surface area contributed by atoms with Crippen LogP contribution in [0.5, 0.6) is 0 Å². The molecule has 0 amide bonds. The zero-order valence-electron chi connectivity index (χ0n) is 6.66. The van der Waals surface area contributed by atoms with Crippen molar-refractivity contribution in [1.82, 2.24) is 0 Å². The van der Waals surface area contributed by atoms with Crippen molar-refractivity contribution in [1.29, 1.82) is 0 Å². The van der Waals surface area contributed by atoms with Crippen LogP contribution in [0.1, 0.15) is 19.8 Å². The molecule has 0 aliphatic heterocycles. The Morgan fingerprint density at radius 3 is 2.36 bits per heavy atom. The molecule has 0 aliphatic carbocycles. The maximum atomic E-state index is 10.6.